The first-order valence-electron chi connectivity index (χ1n) is 12.1. The third-order valence-electron chi connectivity index (χ3n) is 6.99. The quantitative estimate of drug-likeness (QED) is 0.393. The lowest BCUT2D eigenvalue weighted by Gasteiger charge is -2.38. The number of ether oxygens (including phenoxy) is 2. The van der Waals surface area contributed by atoms with Crippen LogP contribution in [0.4, 0.5) is 0 Å². The molecule has 0 bridgehead atoms. The van der Waals surface area contributed by atoms with Crippen molar-refractivity contribution in [2.24, 2.45) is 5.92 Å². The summed E-state index contributed by atoms with van der Waals surface area (Å²) < 4.78 is 12.4. The summed E-state index contributed by atoms with van der Waals surface area (Å²) >= 11 is 6.18. The molecule has 0 aromatic heterocycles. The molecule has 3 aromatic carbocycles. The lowest BCUT2D eigenvalue weighted by molar-refractivity contribution is 0.0806. The Bertz CT molecular complexity index is 1250. The normalized spacial score (nSPS) is 18.1. The minimum Gasteiger partial charge on any atom is -0.508 e. The van der Waals surface area contributed by atoms with E-state index < -0.39 is 6.10 Å². The Kier molecular flexibility index (Phi) is 6.63. The highest BCUT2D eigenvalue weighted by Gasteiger charge is 2.30. The van der Waals surface area contributed by atoms with Crippen LogP contribution in [0.25, 0.3) is 11.1 Å². The molecule has 2 heterocycles. The molecule has 6 heteroatoms. The third-order valence-corrected chi connectivity index (χ3v) is 7.29. The molecule has 1 atom stereocenters. The van der Waals surface area contributed by atoms with Crippen molar-refractivity contribution in [3.8, 4) is 23.0 Å². The highest BCUT2D eigenvalue weighted by Crippen LogP contribution is 2.49. The van der Waals surface area contributed by atoms with Gasteiger partial charge in [0.25, 0.3) is 0 Å². The van der Waals surface area contributed by atoms with Crippen LogP contribution >= 0.6 is 11.6 Å². The van der Waals surface area contributed by atoms with Crippen LogP contribution in [0.1, 0.15) is 43.1 Å². The van der Waals surface area contributed by atoms with Crippen molar-refractivity contribution in [2.75, 3.05) is 26.2 Å². The van der Waals surface area contributed by atoms with Gasteiger partial charge in [0.15, 0.2) is 0 Å². The van der Waals surface area contributed by atoms with Gasteiger partial charge in [-0.25, -0.2) is 0 Å². The van der Waals surface area contributed by atoms with Gasteiger partial charge >= 0.3 is 0 Å². The van der Waals surface area contributed by atoms with Gasteiger partial charge in [0.05, 0.1) is 5.02 Å². The highest BCUT2D eigenvalue weighted by molar-refractivity contribution is 6.32. The number of hydrogen-bond donors (Lipinski definition) is 2. The SMILES string of the molecule is CCC1CN(CCOc2ccc(C3Oc4cc(Cl)c(O)cc4C(C)=C3c3cccc(O)c3)cc2)C1. The molecule has 182 valence electrons. The van der Waals surface area contributed by atoms with Crippen molar-refractivity contribution in [1.82, 2.24) is 4.90 Å². The number of likely N-dealkylation sites (tertiary alicyclic amines) is 1. The lowest BCUT2D eigenvalue weighted by atomic mass is 9.86. The zero-order valence-electron chi connectivity index (χ0n) is 20.0. The second-order valence-electron chi connectivity index (χ2n) is 9.34. The minimum atomic E-state index is -0.411. The van der Waals surface area contributed by atoms with Crippen LogP contribution in [0.2, 0.25) is 5.02 Å². The van der Waals surface area contributed by atoms with Crippen LogP contribution in [0.5, 0.6) is 23.0 Å². The smallest absolute Gasteiger partial charge is 0.150 e. The Morgan fingerprint density at radius 3 is 2.54 bits per heavy atom. The molecule has 5 rings (SSSR count). The Morgan fingerprint density at radius 2 is 1.83 bits per heavy atom. The molecule has 0 spiro atoms. The summed E-state index contributed by atoms with van der Waals surface area (Å²) in [6, 6.07) is 18.4. The monoisotopic (exact) mass is 491 g/mol. The Balaban J connectivity index is 1.40. The van der Waals surface area contributed by atoms with Gasteiger partial charge in [0.2, 0.25) is 0 Å². The number of aromatic hydroxyl groups is 2. The molecule has 5 nitrogen and oxygen atoms in total. The lowest BCUT2D eigenvalue weighted by Crippen LogP contribution is -2.47. The summed E-state index contributed by atoms with van der Waals surface area (Å²) in [7, 11) is 0. The molecule has 0 radical (unpaired) electrons. The van der Waals surface area contributed by atoms with Gasteiger partial charge < -0.3 is 19.7 Å². The minimum absolute atomic E-state index is 0.00650. The average Bonchev–Trinajstić information content (AvgIpc) is 2.82. The van der Waals surface area contributed by atoms with E-state index >= 15 is 0 Å². The van der Waals surface area contributed by atoms with Crippen molar-refractivity contribution >= 4 is 22.7 Å². The van der Waals surface area contributed by atoms with E-state index in [2.05, 4.69) is 11.8 Å². The fourth-order valence-electron chi connectivity index (χ4n) is 4.89. The van der Waals surface area contributed by atoms with Gasteiger partial charge in [-0.2, -0.15) is 0 Å². The van der Waals surface area contributed by atoms with Gasteiger partial charge in [-0.05, 0) is 59.9 Å². The van der Waals surface area contributed by atoms with Crippen LogP contribution in [0.15, 0.2) is 60.7 Å². The van der Waals surface area contributed by atoms with E-state index in [4.69, 9.17) is 21.1 Å². The molecule has 35 heavy (non-hydrogen) atoms. The summed E-state index contributed by atoms with van der Waals surface area (Å²) in [6.07, 6.45) is 0.837. The van der Waals surface area contributed by atoms with E-state index in [0.717, 1.165) is 46.0 Å². The second kappa shape index (κ2) is 9.84. The van der Waals surface area contributed by atoms with Crippen LogP contribution in [-0.2, 0) is 0 Å². The van der Waals surface area contributed by atoms with Gasteiger partial charge in [-0.15, -0.1) is 0 Å². The first kappa shape index (κ1) is 23.6. The molecular weight excluding hydrogens is 462 g/mol. The number of rotatable bonds is 7. The number of phenolic OH excluding ortho intramolecular Hbond substituents is 2. The van der Waals surface area contributed by atoms with E-state index in [0.29, 0.717) is 12.4 Å². The van der Waals surface area contributed by atoms with Crippen LogP contribution in [0.3, 0.4) is 0 Å². The number of halogens is 1. The molecule has 0 amide bonds. The molecule has 0 aliphatic carbocycles. The second-order valence-corrected chi connectivity index (χ2v) is 9.75. The first-order chi connectivity index (χ1) is 16.9. The Hall–Kier alpha value is -3.15. The highest BCUT2D eigenvalue weighted by atomic mass is 35.5. The summed E-state index contributed by atoms with van der Waals surface area (Å²) in [5, 5.41) is 20.6. The van der Waals surface area contributed by atoms with E-state index in [1.165, 1.54) is 19.5 Å². The zero-order chi connectivity index (χ0) is 24.5. The number of allylic oxidation sites excluding steroid dienone is 1. The number of phenols is 2. The third kappa shape index (κ3) is 4.84. The molecule has 1 fully saturated rings. The largest absolute Gasteiger partial charge is 0.508 e. The number of nitrogens with zero attached hydrogens (tertiary/aromatic N) is 1. The maximum atomic E-state index is 10.2. The van der Waals surface area contributed by atoms with Gasteiger partial charge in [0, 0.05) is 36.8 Å². The van der Waals surface area contributed by atoms with Crippen molar-refractivity contribution in [2.45, 2.75) is 26.4 Å². The molecule has 0 saturated carbocycles. The fourth-order valence-corrected chi connectivity index (χ4v) is 5.04. The van der Waals surface area contributed by atoms with Crippen LogP contribution in [0, 0.1) is 5.92 Å². The summed E-state index contributed by atoms with van der Waals surface area (Å²) in [4.78, 5) is 2.42. The van der Waals surface area contributed by atoms with Crippen molar-refractivity contribution < 1.29 is 19.7 Å². The van der Waals surface area contributed by atoms with Crippen LogP contribution in [-0.4, -0.2) is 41.4 Å². The standard InChI is InChI=1S/C29H30ClNO4/c1-3-19-16-31(17-19)11-12-34-23-9-7-20(8-10-23)29-28(21-5-4-6-22(32)13-21)18(2)24-14-26(33)25(30)15-27(24)35-29/h4-10,13-15,19,29,32-33H,3,11-12,16-17H2,1-2H3. The fraction of sp³-hybridized carbons (Fsp3) is 0.310. The summed E-state index contributed by atoms with van der Waals surface area (Å²) in [5.41, 5.74) is 4.46. The van der Waals surface area contributed by atoms with Crippen molar-refractivity contribution in [3.05, 3.63) is 82.4 Å². The Morgan fingerprint density at radius 1 is 1.06 bits per heavy atom. The number of benzene rings is 3. The molecule has 2 aliphatic rings. The molecule has 2 aliphatic heterocycles. The number of hydrogen-bond acceptors (Lipinski definition) is 5. The maximum Gasteiger partial charge on any atom is 0.150 e. The Labute approximate surface area is 211 Å². The summed E-state index contributed by atoms with van der Waals surface area (Å²) in [5.74, 6) is 2.46. The molecule has 1 unspecified atom stereocenters. The van der Waals surface area contributed by atoms with Gasteiger partial charge in [0.1, 0.15) is 35.7 Å². The predicted octanol–water partition coefficient (Wildman–Crippen LogP) is 6.54. The zero-order valence-corrected chi connectivity index (χ0v) is 20.8. The van der Waals surface area contributed by atoms with E-state index in [1.54, 1.807) is 24.3 Å². The molecule has 2 N–H and O–H groups in total. The molecular formula is C29H30ClNO4. The molecule has 1 saturated heterocycles. The van der Waals surface area contributed by atoms with Crippen molar-refractivity contribution in [1.29, 1.82) is 0 Å². The van der Waals surface area contributed by atoms with Gasteiger partial charge in [-0.1, -0.05) is 49.2 Å². The first-order valence-corrected chi connectivity index (χ1v) is 12.5. The van der Waals surface area contributed by atoms with E-state index in [-0.39, 0.29) is 16.5 Å². The summed E-state index contributed by atoms with van der Waals surface area (Å²) in [6.45, 7) is 8.19. The predicted molar refractivity (Wildman–Crippen MR) is 139 cm³/mol. The topological polar surface area (TPSA) is 62.2 Å². The molecule has 3 aromatic rings. The number of fused-ring (bicyclic) bond motifs is 1. The maximum absolute atomic E-state index is 10.2. The van der Waals surface area contributed by atoms with E-state index in [9.17, 15) is 10.2 Å². The van der Waals surface area contributed by atoms with Crippen molar-refractivity contribution in [3.63, 3.8) is 0 Å². The van der Waals surface area contributed by atoms with Crippen LogP contribution < -0.4 is 9.47 Å². The average molecular weight is 492 g/mol. The van der Waals surface area contributed by atoms with Gasteiger partial charge in [-0.3, -0.25) is 4.90 Å². The van der Waals surface area contributed by atoms with E-state index in [1.807, 2.05) is 43.3 Å².